The Morgan fingerprint density at radius 2 is 1.67 bits per heavy atom. The Balaban J connectivity index is 1.04. The summed E-state index contributed by atoms with van der Waals surface area (Å²) >= 11 is 5.92. The van der Waals surface area contributed by atoms with E-state index < -0.39 is 15.8 Å². The number of fused-ring (bicyclic) bond motifs is 1. The molecule has 1 amide bonds. The van der Waals surface area contributed by atoms with Gasteiger partial charge in [-0.05, 0) is 54.8 Å². The average molecular weight is 646 g/mol. The van der Waals surface area contributed by atoms with Crippen LogP contribution in [0.15, 0.2) is 83.4 Å². The van der Waals surface area contributed by atoms with Crippen LogP contribution in [0.4, 0.5) is 11.6 Å². The molecule has 2 aliphatic rings. The molecule has 232 valence electrons. The van der Waals surface area contributed by atoms with Crippen molar-refractivity contribution in [1.29, 1.82) is 0 Å². The van der Waals surface area contributed by atoms with Crippen LogP contribution in [0.3, 0.4) is 0 Å². The van der Waals surface area contributed by atoms with Crippen LogP contribution in [0.1, 0.15) is 52.1 Å². The minimum Gasteiger partial charge on any atom is -0.383 e. The lowest BCUT2D eigenvalue weighted by Gasteiger charge is -2.39. The number of allylic oxidation sites excluding steroid dienone is 2. The van der Waals surface area contributed by atoms with Gasteiger partial charge >= 0.3 is 0 Å². The number of hydrogen-bond donors (Lipinski definition) is 4. The molecular formula is C32H32ClN7O4S. The second-order valence-electron chi connectivity index (χ2n) is 11.4. The van der Waals surface area contributed by atoms with Crippen molar-refractivity contribution in [2.45, 2.75) is 42.7 Å². The van der Waals surface area contributed by atoms with Gasteiger partial charge in [0.25, 0.3) is 5.91 Å². The zero-order valence-electron chi connectivity index (χ0n) is 24.3. The molecule has 0 bridgehead atoms. The Labute approximate surface area is 265 Å². The molecule has 45 heavy (non-hydrogen) atoms. The lowest BCUT2D eigenvalue weighted by Crippen LogP contribution is -2.51. The van der Waals surface area contributed by atoms with E-state index in [4.69, 9.17) is 23.1 Å². The van der Waals surface area contributed by atoms with E-state index in [0.717, 1.165) is 35.9 Å². The number of nitrogens with two attached hydrogens (primary N) is 2. The minimum absolute atomic E-state index is 0.0335. The summed E-state index contributed by atoms with van der Waals surface area (Å²) in [5.74, 6) is -0.591. The molecule has 0 atom stereocenters. The SMILES string of the molecule is Nc1nc(N)c(C(=O)/C=C2\CCC3(CCN(C(=O)c4ccc(CNS(=O)(=O)c5cccc6ccccc56)cc4)CC3)N2)nc1Cl. The van der Waals surface area contributed by atoms with Gasteiger partial charge in [0.05, 0.1) is 4.90 Å². The molecule has 0 saturated carbocycles. The van der Waals surface area contributed by atoms with Gasteiger partial charge in [0, 0.05) is 47.9 Å². The summed E-state index contributed by atoms with van der Waals surface area (Å²) < 4.78 is 28.8. The molecule has 1 aromatic heterocycles. The fraction of sp³-hybridized carbons (Fsp3) is 0.250. The van der Waals surface area contributed by atoms with E-state index in [1.165, 1.54) is 6.08 Å². The quantitative estimate of drug-likeness (QED) is 0.171. The maximum absolute atomic E-state index is 13.3. The van der Waals surface area contributed by atoms with Crippen LogP contribution in [0.5, 0.6) is 0 Å². The number of likely N-dealkylation sites (tertiary alicyclic amines) is 1. The number of hydrogen-bond acceptors (Lipinski definition) is 9. The van der Waals surface area contributed by atoms with Crippen LogP contribution in [0.2, 0.25) is 5.15 Å². The number of carbonyl (C=O) groups is 2. The fourth-order valence-electron chi connectivity index (χ4n) is 5.94. The maximum Gasteiger partial charge on any atom is 0.253 e. The number of nitrogens with zero attached hydrogens (tertiary/aromatic N) is 3. The monoisotopic (exact) mass is 645 g/mol. The van der Waals surface area contributed by atoms with E-state index in [2.05, 4.69) is 20.0 Å². The van der Waals surface area contributed by atoms with Crippen LogP contribution in [-0.4, -0.2) is 53.6 Å². The molecule has 2 fully saturated rings. The predicted molar refractivity (Wildman–Crippen MR) is 173 cm³/mol. The molecule has 3 aromatic carbocycles. The van der Waals surface area contributed by atoms with E-state index in [9.17, 15) is 18.0 Å². The topological polar surface area (TPSA) is 173 Å². The summed E-state index contributed by atoms with van der Waals surface area (Å²) in [6.45, 7) is 1.22. The Kier molecular flexibility index (Phi) is 8.21. The summed E-state index contributed by atoms with van der Waals surface area (Å²) in [7, 11) is -3.75. The highest BCUT2D eigenvalue weighted by molar-refractivity contribution is 7.89. The molecule has 13 heteroatoms. The number of piperidine rings is 1. The second kappa shape index (κ2) is 12.1. The van der Waals surface area contributed by atoms with Crippen molar-refractivity contribution in [3.8, 4) is 0 Å². The number of sulfonamides is 1. The third-order valence-electron chi connectivity index (χ3n) is 8.46. The van der Waals surface area contributed by atoms with Crippen molar-refractivity contribution >= 4 is 55.7 Å². The molecule has 6 rings (SSSR count). The van der Waals surface area contributed by atoms with Crippen molar-refractivity contribution in [1.82, 2.24) is 24.9 Å². The Hall–Kier alpha value is -4.52. The predicted octanol–water partition coefficient (Wildman–Crippen LogP) is 4.05. The zero-order chi connectivity index (χ0) is 31.8. The van der Waals surface area contributed by atoms with Gasteiger partial charge in [-0.15, -0.1) is 0 Å². The molecule has 3 heterocycles. The first kappa shape index (κ1) is 30.5. The third kappa shape index (κ3) is 6.35. The number of nitrogen functional groups attached to an aromatic ring is 2. The summed E-state index contributed by atoms with van der Waals surface area (Å²) in [5, 5.41) is 4.94. The van der Waals surface area contributed by atoms with Gasteiger partial charge in [-0.1, -0.05) is 60.1 Å². The lowest BCUT2D eigenvalue weighted by molar-refractivity contribution is 0.0659. The van der Waals surface area contributed by atoms with E-state index in [0.29, 0.717) is 30.5 Å². The first-order chi connectivity index (χ1) is 21.5. The van der Waals surface area contributed by atoms with Gasteiger partial charge in [0.1, 0.15) is 0 Å². The highest BCUT2D eigenvalue weighted by Gasteiger charge is 2.40. The molecule has 0 radical (unpaired) electrons. The summed E-state index contributed by atoms with van der Waals surface area (Å²) in [6.07, 6.45) is 4.45. The van der Waals surface area contributed by atoms with Gasteiger partial charge in [-0.25, -0.2) is 23.1 Å². The molecule has 11 nitrogen and oxygen atoms in total. The molecule has 6 N–H and O–H groups in total. The van der Waals surface area contributed by atoms with Gasteiger partial charge in [0.15, 0.2) is 22.5 Å². The van der Waals surface area contributed by atoms with Crippen molar-refractivity contribution in [2.24, 2.45) is 0 Å². The summed E-state index contributed by atoms with van der Waals surface area (Å²) in [5.41, 5.74) is 13.2. The Bertz CT molecular complexity index is 1930. The van der Waals surface area contributed by atoms with Crippen molar-refractivity contribution in [3.63, 3.8) is 0 Å². The molecule has 2 saturated heterocycles. The first-order valence-electron chi connectivity index (χ1n) is 14.5. The van der Waals surface area contributed by atoms with Crippen LogP contribution in [0.25, 0.3) is 10.8 Å². The highest BCUT2D eigenvalue weighted by Crippen LogP contribution is 2.35. The van der Waals surface area contributed by atoms with Crippen LogP contribution < -0.4 is 21.5 Å². The molecule has 0 unspecified atom stereocenters. The van der Waals surface area contributed by atoms with Crippen LogP contribution >= 0.6 is 11.6 Å². The standard InChI is InChI=1S/C32H32ClN7O4S/c33-28-30(35)38-29(34)27(37-28)25(41)18-23-12-13-32(39-23)14-16-40(17-15-32)31(42)22-10-8-20(9-11-22)19-36-45(43,44)26-7-3-5-21-4-1-2-6-24(21)26/h1-11,18,36,39H,12-17,19H2,(H4,34,35,38)/b23-18+. The number of nitrogens with one attached hydrogen (secondary N) is 2. The molecule has 4 aromatic rings. The van der Waals surface area contributed by atoms with Gasteiger partial charge in [-0.2, -0.15) is 0 Å². The van der Waals surface area contributed by atoms with Gasteiger partial charge < -0.3 is 21.7 Å². The van der Waals surface area contributed by atoms with E-state index in [1.54, 1.807) is 42.5 Å². The zero-order valence-corrected chi connectivity index (χ0v) is 25.9. The minimum atomic E-state index is -3.75. The number of anilines is 2. The number of rotatable bonds is 7. The fourth-order valence-corrected chi connectivity index (χ4v) is 7.32. The van der Waals surface area contributed by atoms with E-state index in [1.807, 2.05) is 29.2 Å². The third-order valence-corrected chi connectivity index (χ3v) is 10.2. The number of carbonyl (C=O) groups excluding carboxylic acids is 2. The van der Waals surface area contributed by atoms with Gasteiger partial charge in [-0.3, -0.25) is 9.59 Å². The Morgan fingerprint density at radius 3 is 2.42 bits per heavy atom. The van der Waals surface area contributed by atoms with Crippen LogP contribution in [-0.2, 0) is 16.6 Å². The van der Waals surface area contributed by atoms with Crippen molar-refractivity contribution < 1.29 is 18.0 Å². The van der Waals surface area contributed by atoms with Crippen LogP contribution in [0, 0.1) is 0 Å². The second-order valence-corrected chi connectivity index (χ2v) is 13.5. The van der Waals surface area contributed by atoms with E-state index >= 15 is 0 Å². The van der Waals surface area contributed by atoms with E-state index in [-0.39, 0.29) is 45.4 Å². The molecule has 0 aliphatic carbocycles. The number of benzene rings is 3. The summed E-state index contributed by atoms with van der Waals surface area (Å²) in [4.78, 5) is 36.0. The van der Waals surface area contributed by atoms with Crippen molar-refractivity contribution in [2.75, 3.05) is 24.6 Å². The maximum atomic E-state index is 13.3. The van der Waals surface area contributed by atoms with Crippen molar-refractivity contribution in [3.05, 3.63) is 100 Å². The normalized spacial score (nSPS) is 17.1. The average Bonchev–Trinajstić information content (AvgIpc) is 3.43. The number of aromatic nitrogens is 2. The molecule has 1 spiro atoms. The number of ketones is 1. The number of amides is 1. The lowest BCUT2D eigenvalue weighted by atomic mass is 9.86. The highest BCUT2D eigenvalue weighted by atomic mass is 35.5. The smallest absolute Gasteiger partial charge is 0.253 e. The number of halogens is 1. The first-order valence-corrected chi connectivity index (χ1v) is 16.4. The Morgan fingerprint density at radius 1 is 0.956 bits per heavy atom. The summed E-state index contributed by atoms with van der Waals surface area (Å²) in [6, 6.07) is 19.5. The molecular weight excluding hydrogens is 614 g/mol. The van der Waals surface area contributed by atoms with Gasteiger partial charge in [0.2, 0.25) is 15.8 Å². The molecule has 2 aliphatic heterocycles. The largest absolute Gasteiger partial charge is 0.383 e.